The van der Waals surface area contributed by atoms with E-state index in [0.717, 1.165) is 41.3 Å². The number of benzene rings is 3. The van der Waals surface area contributed by atoms with E-state index in [4.69, 9.17) is 26.1 Å². The highest BCUT2D eigenvalue weighted by atomic mass is 35.5. The lowest BCUT2D eigenvalue weighted by atomic mass is 9.77. The number of H-pyrrole nitrogens is 1. The fourth-order valence-corrected chi connectivity index (χ4v) is 5.68. The van der Waals surface area contributed by atoms with Crippen LogP contribution in [-0.4, -0.2) is 43.6 Å². The van der Waals surface area contributed by atoms with E-state index in [9.17, 15) is 0 Å². The van der Waals surface area contributed by atoms with Crippen molar-refractivity contribution in [3.05, 3.63) is 77.3 Å². The minimum Gasteiger partial charge on any atom is -0.383 e. The predicted octanol–water partition coefficient (Wildman–Crippen LogP) is 7.42. The summed E-state index contributed by atoms with van der Waals surface area (Å²) in [6.07, 6.45) is 6.20. The minimum atomic E-state index is 0.118. The molecular formula is C31H36ClN3O2. The van der Waals surface area contributed by atoms with Gasteiger partial charge in [-0.05, 0) is 78.8 Å². The largest absolute Gasteiger partial charge is 0.383 e. The molecule has 6 heteroatoms. The molecule has 0 bridgehead atoms. The summed E-state index contributed by atoms with van der Waals surface area (Å²) in [5.41, 5.74) is 6.85. The fourth-order valence-electron chi connectivity index (χ4n) is 5.51. The van der Waals surface area contributed by atoms with Gasteiger partial charge in [-0.15, -0.1) is 0 Å². The van der Waals surface area contributed by atoms with Crippen LogP contribution in [0.25, 0.3) is 33.5 Å². The van der Waals surface area contributed by atoms with Crippen LogP contribution in [0.1, 0.15) is 43.6 Å². The van der Waals surface area contributed by atoms with Crippen LogP contribution in [0.3, 0.4) is 0 Å². The van der Waals surface area contributed by atoms with Gasteiger partial charge in [-0.3, -0.25) is 5.32 Å². The number of hydrogen-bond acceptors (Lipinski definition) is 4. The van der Waals surface area contributed by atoms with Crippen LogP contribution in [0.2, 0.25) is 5.02 Å². The Hall–Kier alpha value is -2.70. The Kier molecular flexibility index (Phi) is 8.57. The molecule has 1 aliphatic carbocycles. The number of nitrogens with one attached hydrogen (secondary N) is 2. The molecule has 0 saturated heterocycles. The number of halogens is 1. The van der Waals surface area contributed by atoms with Crippen molar-refractivity contribution in [2.45, 2.75) is 44.2 Å². The number of methoxy groups -OCH3 is 2. The Morgan fingerprint density at radius 3 is 2.27 bits per heavy atom. The highest BCUT2D eigenvalue weighted by molar-refractivity contribution is 6.31. The first-order chi connectivity index (χ1) is 18.1. The molecule has 5 nitrogen and oxygen atoms in total. The monoisotopic (exact) mass is 517 g/mol. The fraction of sp³-hybridized carbons (Fsp3) is 0.387. The van der Waals surface area contributed by atoms with Crippen molar-refractivity contribution in [3.8, 4) is 22.5 Å². The number of aromatic amines is 1. The number of aromatic nitrogens is 2. The highest BCUT2D eigenvalue weighted by Crippen LogP contribution is 2.38. The zero-order chi connectivity index (χ0) is 25.6. The van der Waals surface area contributed by atoms with Gasteiger partial charge in [-0.25, -0.2) is 4.98 Å². The van der Waals surface area contributed by atoms with Crippen molar-refractivity contribution in [2.24, 2.45) is 5.92 Å². The Bertz CT molecular complexity index is 1280. The van der Waals surface area contributed by atoms with Crippen LogP contribution in [0.4, 0.5) is 0 Å². The van der Waals surface area contributed by atoms with Crippen molar-refractivity contribution in [2.75, 3.05) is 27.4 Å². The molecule has 2 N–H and O–H groups in total. The van der Waals surface area contributed by atoms with Crippen molar-refractivity contribution in [1.82, 2.24) is 15.3 Å². The van der Waals surface area contributed by atoms with E-state index in [-0.39, 0.29) is 6.23 Å². The maximum absolute atomic E-state index is 6.11. The molecule has 0 spiro atoms. The third kappa shape index (κ3) is 6.42. The molecule has 194 valence electrons. The van der Waals surface area contributed by atoms with Crippen LogP contribution in [0.15, 0.2) is 66.7 Å². The standard InChI is InChI=1S/C31H36ClN3O2/c1-36-18-17-33-30(37-2)19-21-3-5-22(6-4-21)23-7-9-24(10-8-23)25-11-13-26(14-12-25)31-34-28-16-15-27(32)20-29(28)35-31/h7-16,20-22,30,33H,3-6,17-19H2,1-2H3,(H,34,35). The van der Waals surface area contributed by atoms with Crippen molar-refractivity contribution in [1.29, 1.82) is 0 Å². The lowest BCUT2D eigenvalue weighted by molar-refractivity contribution is 0.0407. The molecule has 3 aromatic carbocycles. The molecule has 1 atom stereocenters. The Morgan fingerprint density at radius 1 is 0.919 bits per heavy atom. The summed E-state index contributed by atoms with van der Waals surface area (Å²) >= 11 is 6.11. The first-order valence-corrected chi connectivity index (χ1v) is 13.6. The molecule has 1 fully saturated rings. The first-order valence-electron chi connectivity index (χ1n) is 13.2. The number of nitrogens with zero attached hydrogens (tertiary/aromatic N) is 1. The third-order valence-corrected chi connectivity index (χ3v) is 7.91. The van der Waals surface area contributed by atoms with Gasteiger partial charge in [-0.1, -0.05) is 60.1 Å². The van der Waals surface area contributed by atoms with Crippen LogP contribution in [-0.2, 0) is 9.47 Å². The summed E-state index contributed by atoms with van der Waals surface area (Å²) in [5.74, 6) is 2.23. The second kappa shape index (κ2) is 12.2. The average Bonchev–Trinajstić information content (AvgIpc) is 3.36. The summed E-state index contributed by atoms with van der Waals surface area (Å²) in [4.78, 5) is 8.08. The molecule has 1 saturated carbocycles. The van der Waals surface area contributed by atoms with Gasteiger partial charge in [0.1, 0.15) is 12.1 Å². The molecule has 5 rings (SSSR count). The van der Waals surface area contributed by atoms with Crippen LogP contribution in [0.5, 0.6) is 0 Å². The minimum absolute atomic E-state index is 0.118. The predicted molar refractivity (Wildman–Crippen MR) is 152 cm³/mol. The van der Waals surface area contributed by atoms with E-state index < -0.39 is 0 Å². The van der Waals surface area contributed by atoms with Gasteiger partial charge in [0.2, 0.25) is 0 Å². The maximum atomic E-state index is 6.11. The first kappa shape index (κ1) is 25.9. The number of ether oxygens (including phenoxy) is 2. The highest BCUT2D eigenvalue weighted by Gasteiger charge is 2.24. The number of rotatable bonds is 10. The molecule has 1 unspecified atom stereocenters. The van der Waals surface area contributed by atoms with E-state index >= 15 is 0 Å². The summed E-state index contributed by atoms with van der Waals surface area (Å²) in [6.45, 7) is 1.54. The zero-order valence-corrected chi connectivity index (χ0v) is 22.4. The summed E-state index contributed by atoms with van der Waals surface area (Å²) < 4.78 is 10.8. The number of hydrogen-bond donors (Lipinski definition) is 2. The van der Waals surface area contributed by atoms with Crippen LogP contribution < -0.4 is 5.32 Å². The van der Waals surface area contributed by atoms with Crippen LogP contribution in [0, 0.1) is 5.92 Å². The molecule has 1 aromatic heterocycles. The average molecular weight is 518 g/mol. The molecule has 0 radical (unpaired) electrons. The second-order valence-corrected chi connectivity index (χ2v) is 10.5. The van der Waals surface area contributed by atoms with Gasteiger partial charge in [0, 0.05) is 31.4 Å². The summed E-state index contributed by atoms with van der Waals surface area (Å²) in [5, 5.41) is 4.15. The molecular weight excluding hydrogens is 482 g/mol. The maximum Gasteiger partial charge on any atom is 0.138 e. The van der Waals surface area contributed by atoms with Crippen molar-refractivity contribution in [3.63, 3.8) is 0 Å². The van der Waals surface area contributed by atoms with E-state index in [2.05, 4.69) is 58.8 Å². The molecule has 0 amide bonds. The van der Waals surface area contributed by atoms with E-state index in [0.29, 0.717) is 17.5 Å². The molecule has 37 heavy (non-hydrogen) atoms. The lowest BCUT2D eigenvalue weighted by Crippen LogP contribution is -2.35. The summed E-state index contributed by atoms with van der Waals surface area (Å²) in [7, 11) is 3.52. The van der Waals surface area contributed by atoms with Crippen molar-refractivity contribution < 1.29 is 9.47 Å². The topological polar surface area (TPSA) is 59.2 Å². The van der Waals surface area contributed by atoms with Gasteiger partial charge < -0.3 is 14.5 Å². The normalized spacial score (nSPS) is 18.8. The van der Waals surface area contributed by atoms with E-state index in [1.165, 1.54) is 42.4 Å². The lowest BCUT2D eigenvalue weighted by Gasteiger charge is -2.31. The summed E-state index contributed by atoms with van der Waals surface area (Å²) in [6, 6.07) is 23.5. The quantitative estimate of drug-likeness (QED) is 0.170. The number of imidazole rings is 1. The van der Waals surface area contributed by atoms with Gasteiger partial charge in [-0.2, -0.15) is 0 Å². The van der Waals surface area contributed by atoms with Gasteiger partial charge in [0.05, 0.1) is 17.6 Å². The Labute approximate surface area is 224 Å². The van der Waals surface area contributed by atoms with Gasteiger partial charge >= 0.3 is 0 Å². The molecule has 0 aliphatic heterocycles. The van der Waals surface area contributed by atoms with Crippen molar-refractivity contribution >= 4 is 22.6 Å². The van der Waals surface area contributed by atoms with Crippen LogP contribution >= 0.6 is 11.6 Å². The third-order valence-electron chi connectivity index (χ3n) is 7.67. The SMILES string of the molecule is COCCNC(CC1CCC(c2ccc(-c3ccc(-c4nc5ccc(Cl)cc5[nH]4)cc3)cc2)CC1)OC. The van der Waals surface area contributed by atoms with Gasteiger partial charge in [0.15, 0.2) is 0 Å². The van der Waals surface area contributed by atoms with E-state index in [1.807, 2.05) is 18.2 Å². The Morgan fingerprint density at radius 2 is 1.59 bits per heavy atom. The molecule has 1 heterocycles. The second-order valence-electron chi connectivity index (χ2n) is 10.1. The molecule has 1 aliphatic rings. The number of fused-ring (bicyclic) bond motifs is 1. The Balaban J connectivity index is 1.17. The smallest absolute Gasteiger partial charge is 0.138 e. The van der Waals surface area contributed by atoms with E-state index in [1.54, 1.807) is 14.2 Å². The van der Waals surface area contributed by atoms with Gasteiger partial charge in [0.25, 0.3) is 0 Å². The zero-order valence-electron chi connectivity index (χ0n) is 21.7. The molecule has 4 aromatic rings.